The number of methoxy groups -OCH3 is 1. The zero-order valence-electron chi connectivity index (χ0n) is 14.7. The summed E-state index contributed by atoms with van der Waals surface area (Å²) in [4.78, 5) is 16.6. The summed E-state index contributed by atoms with van der Waals surface area (Å²) in [7, 11) is 1.65. The molecule has 5 heteroatoms. The maximum atomic E-state index is 12.1. The number of rotatable bonds is 7. The molecule has 0 fully saturated rings. The number of nitrogens with one attached hydrogen (secondary N) is 1. The number of ether oxygens (including phenoxy) is 1. The first kappa shape index (κ1) is 17.0. The summed E-state index contributed by atoms with van der Waals surface area (Å²) < 4.78 is 7.27. The van der Waals surface area contributed by atoms with E-state index in [-0.39, 0.29) is 5.91 Å². The summed E-state index contributed by atoms with van der Waals surface area (Å²) in [6.07, 6.45) is 1.21. The lowest BCUT2D eigenvalue weighted by atomic mass is 10.1. The second-order valence-electron chi connectivity index (χ2n) is 6.00. The number of amides is 1. The zero-order chi connectivity index (χ0) is 17.6. The third-order valence-electron chi connectivity index (χ3n) is 4.30. The van der Waals surface area contributed by atoms with Crippen LogP contribution in [-0.2, 0) is 17.8 Å². The average molecular weight is 337 g/mol. The number of hydrogen-bond donors (Lipinski definition) is 1. The summed E-state index contributed by atoms with van der Waals surface area (Å²) in [6.45, 7) is 3.31. The molecule has 2 aromatic carbocycles. The second kappa shape index (κ2) is 7.83. The highest BCUT2D eigenvalue weighted by Crippen LogP contribution is 2.15. The first-order valence-corrected chi connectivity index (χ1v) is 8.49. The molecule has 0 unspecified atom stereocenters. The Morgan fingerprint density at radius 1 is 1.16 bits per heavy atom. The van der Waals surface area contributed by atoms with Crippen molar-refractivity contribution >= 4 is 16.9 Å². The predicted octanol–water partition coefficient (Wildman–Crippen LogP) is 3.10. The Labute approximate surface area is 147 Å². The van der Waals surface area contributed by atoms with Crippen molar-refractivity contribution < 1.29 is 9.53 Å². The standard InChI is InChI=1S/C20H23N3O2/c1-15-22-18-5-3-4-6-19(18)23(15)14-13-21-20(24)12-9-16-7-10-17(25-2)11-8-16/h3-8,10-11H,9,12-14H2,1-2H3,(H,21,24). The quantitative estimate of drug-likeness (QED) is 0.721. The Kier molecular flexibility index (Phi) is 5.33. The van der Waals surface area contributed by atoms with Gasteiger partial charge in [-0.25, -0.2) is 4.98 Å². The highest BCUT2D eigenvalue weighted by Gasteiger charge is 2.07. The van der Waals surface area contributed by atoms with Crippen LogP contribution in [0.4, 0.5) is 0 Å². The van der Waals surface area contributed by atoms with E-state index in [2.05, 4.69) is 20.9 Å². The molecule has 0 atom stereocenters. The van der Waals surface area contributed by atoms with Crippen molar-refractivity contribution in [3.63, 3.8) is 0 Å². The molecule has 0 aliphatic rings. The van der Waals surface area contributed by atoms with E-state index in [0.717, 1.165) is 41.1 Å². The molecular weight excluding hydrogens is 314 g/mol. The van der Waals surface area contributed by atoms with Crippen LogP contribution in [0.3, 0.4) is 0 Å². The van der Waals surface area contributed by atoms with Gasteiger partial charge in [-0.05, 0) is 43.2 Å². The van der Waals surface area contributed by atoms with Gasteiger partial charge in [-0.3, -0.25) is 4.79 Å². The molecule has 25 heavy (non-hydrogen) atoms. The largest absolute Gasteiger partial charge is 0.497 e. The molecule has 1 N–H and O–H groups in total. The lowest BCUT2D eigenvalue weighted by Crippen LogP contribution is -2.27. The molecule has 1 aromatic heterocycles. The predicted molar refractivity (Wildman–Crippen MR) is 98.8 cm³/mol. The van der Waals surface area contributed by atoms with Crippen LogP contribution in [-0.4, -0.2) is 29.1 Å². The van der Waals surface area contributed by atoms with Crippen LogP contribution in [0.1, 0.15) is 17.8 Å². The van der Waals surface area contributed by atoms with Crippen molar-refractivity contribution in [2.75, 3.05) is 13.7 Å². The molecule has 5 nitrogen and oxygen atoms in total. The number of carbonyl (C=O) groups is 1. The van der Waals surface area contributed by atoms with Gasteiger partial charge in [0.1, 0.15) is 11.6 Å². The molecule has 3 aromatic rings. The Bertz CT molecular complexity index is 853. The van der Waals surface area contributed by atoms with Crippen LogP contribution in [0.15, 0.2) is 48.5 Å². The van der Waals surface area contributed by atoms with Crippen molar-refractivity contribution in [2.24, 2.45) is 0 Å². The number of benzene rings is 2. The van der Waals surface area contributed by atoms with Gasteiger partial charge in [0.15, 0.2) is 0 Å². The van der Waals surface area contributed by atoms with Gasteiger partial charge < -0.3 is 14.6 Å². The number of aryl methyl sites for hydroxylation is 2. The van der Waals surface area contributed by atoms with E-state index >= 15 is 0 Å². The molecule has 0 aliphatic carbocycles. The number of nitrogens with zero attached hydrogens (tertiary/aromatic N) is 2. The summed E-state index contributed by atoms with van der Waals surface area (Å²) in [5.41, 5.74) is 3.23. The van der Waals surface area contributed by atoms with Crippen molar-refractivity contribution in [3.05, 3.63) is 59.9 Å². The minimum atomic E-state index is 0.0675. The van der Waals surface area contributed by atoms with Crippen LogP contribution in [0.5, 0.6) is 5.75 Å². The first-order chi connectivity index (χ1) is 12.2. The topological polar surface area (TPSA) is 56.1 Å². The minimum absolute atomic E-state index is 0.0675. The smallest absolute Gasteiger partial charge is 0.220 e. The third-order valence-corrected chi connectivity index (χ3v) is 4.30. The maximum absolute atomic E-state index is 12.1. The molecule has 0 saturated heterocycles. The SMILES string of the molecule is COc1ccc(CCC(=O)NCCn2c(C)nc3ccccc32)cc1. The van der Waals surface area contributed by atoms with Crippen LogP contribution >= 0.6 is 0 Å². The molecule has 0 radical (unpaired) electrons. The number of fused-ring (bicyclic) bond motifs is 1. The summed E-state index contributed by atoms with van der Waals surface area (Å²) >= 11 is 0. The summed E-state index contributed by atoms with van der Waals surface area (Å²) in [6, 6.07) is 15.9. The van der Waals surface area contributed by atoms with E-state index in [1.54, 1.807) is 7.11 Å². The van der Waals surface area contributed by atoms with E-state index in [1.165, 1.54) is 0 Å². The molecule has 0 spiro atoms. The molecule has 0 saturated carbocycles. The van der Waals surface area contributed by atoms with Gasteiger partial charge in [0.25, 0.3) is 0 Å². The van der Waals surface area contributed by atoms with E-state index in [9.17, 15) is 4.79 Å². The fourth-order valence-electron chi connectivity index (χ4n) is 2.92. The fraction of sp³-hybridized carbons (Fsp3) is 0.300. The van der Waals surface area contributed by atoms with Crippen molar-refractivity contribution in [1.82, 2.24) is 14.9 Å². The highest BCUT2D eigenvalue weighted by molar-refractivity contribution is 5.77. The van der Waals surface area contributed by atoms with Crippen molar-refractivity contribution in [1.29, 1.82) is 0 Å². The van der Waals surface area contributed by atoms with Crippen molar-refractivity contribution in [3.8, 4) is 5.75 Å². The van der Waals surface area contributed by atoms with Gasteiger partial charge >= 0.3 is 0 Å². The van der Waals surface area contributed by atoms with Crippen LogP contribution in [0, 0.1) is 6.92 Å². The average Bonchev–Trinajstić information content (AvgIpc) is 2.96. The molecule has 0 bridgehead atoms. The number of hydrogen-bond acceptors (Lipinski definition) is 3. The van der Waals surface area contributed by atoms with E-state index in [1.807, 2.05) is 49.4 Å². The molecule has 1 amide bonds. The molecule has 1 heterocycles. The van der Waals surface area contributed by atoms with Crippen LogP contribution in [0.25, 0.3) is 11.0 Å². The molecule has 3 rings (SSSR count). The maximum Gasteiger partial charge on any atom is 0.220 e. The van der Waals surface area contributed by atoms with Crippen LogP contribution < -0.4 is 10.1 Å². The highest BCUT2D eigenvalue weighted by atomic mass is 16.5. The van der Waals surface area contributed by atoms with Gasteiger partial charge in [0, 0.05) is 19.5 Å². The summed E-state index contributed by atoms with van der Waals surface area (Å²) in [5, 5.41) is 2.99. The second-order valence-corrected chi connectivity index (χ2v) is 6.00. The Morgan fingerprint density at radius 3 is 2.68 bits per heavy atom. The Hall–Kier alpha value is -2.82. The van der Waals surface area contributed by atoms with E-state index < -0.39 is 0 Å². The van der Waals surface area contributed by atoms with Gasteiger partial charge in [-0.1, -0.05) is 24.3 Å². The minimum Gasteiger partial charge on any atom is -0.497 e. The van der Waals surface area contributed by atoms with Gasteiger partial charge in [0.2, 0.25) is 5.91 Å². The number of carbonyl (C=O) groups excluding carboxylic acids is 1. The first-order valence-electron chi connectivity index (χ1n) is 8.49. The van der Waals surface area contributed by atoms with Crippen molar-refractivity contribution in [2.45, 2.75) is 26.3 Å². The third kappa shape index (κ3) is 4.18. The zero-order valence-corrected chi connectivity index (χ0v) is 14.7. The van der Waals surface area contributed by atoms with Gasteiger partial charge in [-0.2, -0.15) is 0 Å². The molecule has 0 aliphatic heterocycles. The van der Waals surface area contributed by atoms with Crippen LogP contribution in [0.2, 0.25) is 0 Å². The summed E-state index contributed by atoms with van der Waals surface area (Å²) in [5.74, 6) is 1.86. The van der Waals surface area contributed by atoms with Gasteiger partial charge in [0.05, 0.1) is 18.1 Å². The molecular formula is C20H23N3O2. The fourth-order valence-corrected chi connectivity index (χ4v) is 2.92. The van der Waals surface area contributed by atoms with E-state index in [0.29, 0.717) is 13.0 Å². The Balaban J connectivity index is 1.48. The molecule has 130 valence electrons. The lowest BCUT2D eigenvalue weighted by Gasteiger charge is -2.09. The lowest BCUT2D eigenvalue weighted by molar-refractivity contribution is -0.121. The number of aromatic nitrogens is 2. The normalized spacial score (nSPS) is 10.8. The number of imidazole rings is 1. The monoisotopic (exact) mass is 337 g/mol. The number of para-hydroxylation sites is 2. The Morgan fingerprint density at radius 2 is 1.92 bits per heavy atom. The van der Waals surface area contributed by atoms with Gasteiger partial charge in [-0.15, -0.1) is 0 Å². The van der Waals surface area contributed by atoms with E-state index in [4.69, 9.17) is 4.74 Å².